The summed E-state index contributed by atoms with van der Waals surface area (Å²) >= 11 is 1.72. The zero-order valence-electron chi connectivity index (χ0n) is 16.8. The maximum atomic E-state index is 5.51. The maximum Gasteiger partial charge on any atom is 0.191 e. The lowest BCUT2D eigenvalue weighted by Gasteiger charge is -2.35. The molecule has 1 atom stereocenters. The molecule has 0 bridgehead atoms. The van der Waals surface area contributed by atoms with E-state index in [2.05, 4.69) is 53.6 Å². The van der Waals surface area contributed by atoms with Crippen LogP contribution in [0.15, 0.2) is 10.4 Å². The van der Waals surface area contributed by atoms with Gasteiger partial charge in [-0.3, -0.25) is 4.90 Å². The number of rotatable bonds is 9. The van der Waals surface area contributed by atoms with Crippen LogP contribution in [0.5, 0.6) is 0 Å². The number of guanidine groups is 1. The molecule has 148 valence electrons. The molecule has 0 saturated carbocycles. The standard InChI is InChI=1S/C19H35N5OS/c1-5-18-23-16(14-26-18)12-21-19(20-6-2)22-13-17(11-15(3)4)24-7-9-25-10-8-24/h14-15,17H,5-13H2,1-4H3,(H2,20,21,22). The van der Waals surface area contributed by atoms with Crippen molar-refractivity contribution in [2.75, 3.05) is 39.4 Å². The Labute approximate surface area is 162 Å². The van der Waals surface area contributed by atoms with Gasteiger partial charge in [0.15, 0.2) is 5.96 Å². The Morgan fingerprint density at radius 1 is 1.31 bits per heavy atom. The molecule has 0 spiro atoms. The number of nitrogens with zero attached hydrogens (tertiary/aromatic N) is 3. The molecule has 1 aromatic rings. The lowest BCUT2D eigenvalue weighted by molar-refractivity contribution is 0.0132. The van der Waals surface area contributed by atoms with Crippen molar-refractivity contribution < 1.29 is 4.74 Å². The molecule has 0 aliphatic carbocycles. The van der Waals surface area contributed by atoms with Gasteiger partial charge in [-0.15, -0.1) is 11.3 Å². The van der Waals surface area contributed by atoms with Crippen molar-refractivity contribution >= 4 is 17.3 Å². The van der Waals surface area contributed by atoms with Gasteiger partial charge in [0.2, 0.25) is 0 Å². The van der Waals surface area contributed by atoms with Crippen LogP contribution in [0.4, 0.5) is 0 Å². The fourth-order valence-corrected chi connectivity index (χ4v) is 3.88. The van der Waals surface area contributed by atoms with E-state index in [-0.39, 0.29) is 0 Å². The van der Waals surface area contributed by atoms with Crippen LogP contribution in [0.3, 0.4) is 0 Å². The van der Waals surface area contributed by atoms with Gasteiger partial charge >= 0.3 is 0 Å². The highest BCUT2D eigenvalue weighted by atomic mass is 32.1. The smallest absolute Gasteiger partial charge is 0.191 e. The third-order valence-electron chi connectivity index (χ3n) is 4.46. The van der Waals surface area contributed by atoms with E-state index in [1.165, 1.54) is 11.4 Å². The molecule has 26 heavy (non-hydrogen) atoms. The second-order valence-corrected chi connectivity index (χ2v) is 8.04. The minimum absolute atomic E-state index is 0.508. The first-order valence-corrected chi connectivity index (χ1v) is 10.8. The van der Waals surface area contributed by atoms with Gasteiger partial charge in [-0.1, -0.05) is 20.8 Å². The molecule has 1 aliphatic rings. The zero-order chi connectivity index (χ0) is 18.8. The fraction of sp³-hybridized carbons (Fsp3) is 0.789. The number of thiazole rings is 1. The number of aliphatic imine (C=N–C) groups is 1. The maximum absolute atomic E-state index is 5.51. The van der Waals surface area contributed by atoms with E-state index in [1.807, 2.05) is 0 Å². The summed E-state index contributed by atoms with van der Waals surface area (Å²) < 4.78 is 5.51. The SMILES string of the molecule is CCNC(=NCc1csc(CC)n1)NCC(CC(C)C)N1CCOCC1. The van der Waals surface area contributed by atoms with E-state index in [1.54, 1.807) is 11.3 Å². The molecule has 1 aliphatic heterocycles. The summed E-state index contributed by atoms with van der Waals surface area (Å²) in [5.74, 6) is 1.55. The second-order valence-electron chi connectivity index (χ2n) is 7.09. The molecular formula is C19H35N5OS. The Hall–Kier alpha value is -1.18. The van der Waals surface area contributed by atoms with Crippen LogP contribution in [0.25, 0.3) is 0 Å². The van der Waals surface area contributed by atoms with Crippen molar-refractivity contribution in [2.45, 2.75) is 53.1 Å². The number of ether oxygens (including phenoxy) is 1. The van der Waals surface area contributed by atoms with Gasteiger partial charge in [0.1, 0.15) is 0 Å². The normalized spacial score (nSPS) is 17.5. The van der Waals surface area contributed by atoms with E-state index in [0.717, 1.165) is 57.5 Å². The highest BCUT2D eigenvalue weighted by Gasteiger charge is 2.22. The monoisotopic (exact) mass is 381 g/mol. The molecule has 6 nitrogen and oxygen atoms in total. The Morgan fingerprint density at radius 3 is 2.69 bits per heavy atom. The van der Waals surface area contributed by atoms with Gasteiger partial charge in [-0.25, -0.2) is 9.98 Å². The van der Waals surface area contributed by atoms with Crippen molar-refractivity contribution in [1.82, 2.24) is 20.5 Å². The number of nitrogens with one attached hydrogen (secondary N) is 2. The molecular weight excluding hydrogens is 346 g/mol. The molecule has 0 aromatic carbocycles. The Kier molecular flexibility index (Phi) is 9.36. The van der Waals surface area contributed by atoms with Crippen molar-refractivity contribution in [3.63, 3.8) is 0 Å². The predicted molar refractivity (Wildman–Crippen MR) is 110 cm³/mol. The summed E-state index contributed by atoms with van der Waals surface area (Å²) in [6.45, 7) is 14.9. The van der Waals surface area contributed by atoms with Gasteiger partial charge in [0, 0.05) is 37.6 Å². The molecule has 1 unspecified atom stereocenters. The second kappa shape index (κ2) is 11.5. The molecule has 0 radical (unpaired) electrons. The van der Waals surface area contributed by atoms with Crippen LogP contribution in [-0.2, 0) is 17.7 Å². The van der Waals surface area contributed by atoms with Gasteiger partial charge in [-0.05, 0) is 25.7 Å². The third kappa shape index (κ3) is 7.21. The van der Waals surface area contributed by atoms with Gasteiger partial charge in [-0.2, -0.15) is 0 Å². The summed E-state index contributed by atoms with van der Waals surface area (Å²) in [6, 6.07) is 0.508. The number of morpholine rings is 1. The van der Waals surface area contributed by atoms with Gasteiger partial charge < -0.3 is 15.4 Å². The summed E-state index contributed by atoms with van der Waals surface area (Å²) in [7, 11) is 0. The highest BCUT2D eigenvalue weighted by molar-refractivity contribution is 7.09. The molecule has 1 fully saturated rings. The summed E-state index contributed by atoms with van der Waals surface area (Å²) in [4.78, 5) is 11.9. The zero-order valence-corrected chi connectivity index (χ0v) is 17.6. The van der Waals surface area contributed by atoms with Crippen molar-refractivity contribution in [3.05, 3.63) is 16.1 Å². The predicted octanol–water partition coefficient (Wildman–Crippen LogP) is 2.51. The van der Waals surface area contributed by atoms with Crippen LogP contribution < -0.4 is 10.6 Å². The van der Waals surface area contributed by atoms with Crippen LogP contribution >= 0.6 is 11.3 Å². The van der Waals surface area contributed by atoms with E-state index in [0.29, 0.717) is 18.5 Å². The molecule has 2 N–H and O–H groups in total. The molecule has 2 rings (SSSR count). The topological polar surface area (TPSA) is 61.8 Å². The number of hydrogen-bond acceptors (Lipinski definition) is 5. The average Bonchev–Trinajstić information content (AvgIpc) is 3.11. The molecule has 1 aromatic heterocycles. The number of aromatic nitrogens is 1. The Balaban J connectivity index is 1.93. The number of hydrogen-bond donors (Lipinski definition) is 2. The molecule has 7 heteroatoms. The van der Waals surface area contributed by atoms with Crippen molar-refractivity contribution in [3.8, 4) is 0 Å². The lowest BCUT2D eigenvalue weighted by atomic mass is 10.0. The first-order valence-electron chi connectivity index (χ1n) is 9.89. The van der Waals surface area contributed by atoms with Crippen LogP contribution in [0, 0.1) is 5.92 Å². The summed E-state index contributed by atoms with van der Waals surface area (Å²) in [5, 5.41) is 10.2. The largest absolute Gasteiger partial charge is 0.379 e. The minimum Gasteiger partial charge on any atom is -0.379 e. The van der Waals surface area contributed by atoms with E-state index < -0.39 is 0 Å². The molecule has 1 saturated heterocycles. The molecule has 2 heterocycles. The van der Waals surface area contributed by atoms with Gasteiger partial charge in [0.25, 0.3) is 0 Å². The fourth-order valence-electron chi connectivity index (χ4n) is 3.15. The Bertz CT molecular complexity index is 540. The summed E-state index contributed by atoms with van der Waals surface area (Å²) in [6.07, 6.45) is 2.17. The Morgan fingerprint density at radius 2 is 2.08 bits per heavy atom. The van der Waals surface area contributed by atoms with Crippen LogP contribution in [0.2, 0.25) is 0 Å². The van der Waals surface area contributed by atoms with Gasteiger partial charge in [0.05, 0.1) is 30.5 Å². The quantitative estimate of drug-likeness (QED) is 0.508. The van der Waals surface area contributed by atoms with Crippen molar-refractivity contribution in [1.29, 1.82) is 0 Å². The van der Waals surface area contributed by atoms with Crippen LogP contribution in [-0.4, -0.2) is 61.3 Å². The molecule has 0 amide bonds. The minimum atomic E-state index is 0.508. The van der Waals surface area contributed by atoms with E-state index in [4.69, 9.17) is 9.73 Å². The first kappa shape index (κ1) is 21.1. The average molecular weight is 382 g/mol. The van der Waals surface area contributed by atoms with Crippen molar-refractivity contribution in [2.24, 2.45) is 10.9 Å². The van der Waals surface area contributed by atoms with Crippen LogP contribution in [0.1, 0.15) is 44.8 Å². The van der Waals surface area contributed by atoms with E-state index >= 15 is 0 Å². The summed E-state index contributed by atoms with van der Waals surface area (Å²) in [5.41, 5.74) is 1.05. The first-order chi connectivity index (χ1) is 12.6. The highest BCUT2D eigenvalue weighted by Crippen LogP contribution is 2.13. The number of aryl methyl sites for hydroxylation is 1. The van der Waals surface area contributed by atoms with E-state index in [9.17, 15) is 0 Å². The lowest BCUT2D eigenvalue weighted by Crippen LogP contribution is -2.51. The third-order valence-corrected chi connectivity index (χ3v) is 5.50.